The van der Waals surface area contributed by atoms with E-state index in [1.54, 1.807) is 12.2 Å². The highest BCUT2D eigenvalue weighted by molar-refractivity contribution is 5.73. The molecule has 0 aromatic heterocycles. The number of carboxylic acids is 1. The molecule has 0 radical (unpaired) electrons. The summed E-state index contributed by atoms with van der Waals surface area (Å²) in [6.07, 6.45) is -5.97. The number of hydrogen-bond acceptors (Lipinski definition) is 3. The van der Waals surface area contributed by atoms with E-state index in [-0.39, 0.29) is 0 Å². The summed E-state index contributed by atoms with van der Waals surface area (Å²) in [5.41, 5.74) is -0.521. The minimum Gasteiger partial charge on any atom is -0.475 e. The molecule has 2 rings (SSSR count). The van der Waals surface area contributed by atoms with Gasteiger partial charge in [0.15, 0.2) is 0 Å². The first-order valence-corrected chi connectivity index (χ1v) is 6.68. The number of hydrogen-bond donors (Lipinski definition) is 2. The molecule has 25 heavy (non-hydrogen) atoms. The molecule has 1 aliphatic rings. The van der Waals surface area contributed by atoms with Crippen LogP contribution in [0.25, 0.3) is 6.08 Å². The van der Waals surface area contributed by atoms with Crippen LogP contribution in [0.4, 0.5) is 26.3 Å². The number of nitriles is 1. The molecule has 0 atom stereocenters. The molecule has 1 aromatic rings. The van der Waals surface area contributed by atoms with E-state index in [2.05, 4.69) is 11.4 Å². The fraction of sp³-hybridized carbons (Fsp3) is 0.333. The molecular weight excluding hydrogens is 354 g/mol. The molecule has 0 bridgehead atoms. The predicted molar refractivity (Wildman–Crippen MR) is 75.1 cm³/mol. The lowest BCUT2D eigenvalue weighted by molar-refractivity contribution is -0.192. The van der Waals surface area contributed by atoms with Crippen molar-refractivity contribution in [2.45, 2.75) is 12.4 Å². The van der Waals surface area contributed by atoms with E-state index in [4.69, 9.17) is 15.2 Å². The number of aliphatic carboxylic acids is 1. The lowest BCUT2D eigenvalue weighted by Gasteiger charge is -2.33. The Morgan fingerprint density at radius 1 is 1.16 bits per heavy atom. The summed E-state index contributed by atoms with van der Waals surface area (Å²) in [5.74, 6) is -2.76. The molecular formula is C15H12F6N2O2. The van der Waals surface area contributed by atoms with Crippen molar-refractivity contribution in [2.24, 2.45) is 5.41 Å². The Morgan fingerprint density at radius 2 is 1.64 bits per heavy atom. The summed E-state index contributed by atoms with van der Waals surface area (Å²) in [4.78, 5) is 8.90. The van der Waals surface area contributed by atoms with Gasteiger partial charge in [0.05, 0.1) is 11.6 Å². The SMILES string of the molecule is N#CC1(C=Cc2ccc(C(F)(F)F)cc2)CNC1.O=C(O)C(F)(F)F. The lowest BCUT2D eigenvalue weighted by Crippen LogP contribution is -2.51. The van der Waals surface area contributed by atoms with E-state index >= 15 is 0 Å². The summed E-state index contributed by atoms with van der Waals surface area (Å²) >= 11 is 0. The number of alkyl halides is 6. The molecule has 0 amide bonds. The molecule has 1 heterocycles. The van der Waals surface area contributed by atoms with E-state index in [0.29, 0.717) is 18.7 Å². The summed E-state index contributed by atoms with van der Waals surface area (Å²) in [5, 5.41) is 19.1. The standard InChI is InChI=1S/C13H11F3N2.C2HF3O2/c14-13(15,16)11-3-1-10(2-4-11)5-6-12(7-17)8-18-9-12;3-2(4,5)1(6)7/h1-6,18H,8-9H2;(H,6,7). The van der Waals surface area contributed by atoms with Crippen molar-refractivity contribution in [3.63, 3.8) is 0 Å². The summed E-state index contributed by atoms with van der Waals surface area (Å²) in [7, 11) is 0. The molecule has 2 N–H and O–H groups in total. The van der Waals surface area contributed by atoms with Crippen LogP contribution in [-0.2, 0) is 11.0 Å². The van der Waals surface area contributed by atoms with Gasteiger partial charge in [-0.2, -0.15) is 31.6 Å². The van der Waals surface area contributed by atoms with E-state index in [1.165, 1.54) is 12.1 Å². The van der Waals surface area contributed by atoms with Crippen molar-refractivity contribution in [2.75, 3.05) is 13.1 Å². The van der Waals surface area contributed by atoms with Gasteiger partial charge in [0.2, 0.25) is 0 Å². The van der Waals surface area contributed by atoms with Crippen LogP contribution in [0.15, 0.2) is 30.3 Å². The quantitative estimate of drug-likeness (QED) is 0.787. The van der Waals surface area contributed by atoms with Crippen molar-refractivity contribution in [3.8, 4) is 6.07 Å². The van der Waals surface area contributed by atoms with Crippen molar-refractivity contribution in [3.05, 3.63) is 41.5 Å². The van der Waals surface area contributed by atoms with Gasteiger partial charge >= 0.3 is 18.3 Å². The van der Waals surface area contributed by atoms with Gasteiger partial charge < -0.3 is 10.4 Å². The maximum atomic E-state index is 12.3. The average Bonchev–Trinajstić information content (AvgIpc) is 2.46. The third kappa shape index (κ3) is 6.11. The smallest absolute Gasteiger partial charge is 0.475 e. The lowest BCUT2D eigenvalue weighted by atomic mass is 9.83. The van der Waals surface area contributed by atoms with Gasteiger partial charge in [0.25, 0.3) is 0 Å². The van der Waals surface area contributed by atoms with Crippen LogP contribution in [0.1, 0.15) is 11.1 Å². The molecule has 0 saturated carbocycles. The monoisotopic (exact) mass is 366 g/mol. The van der Waals surface area contributed by atoms with E-state index in [0.717, 1.165) is 12.1 Å². The molecule has 1 aliphatic heterocycles. The molecule has 0 unspecified atom stereocenters. The van der Waals surface area contributed by atoms with Gasteiger partial charge in [-0.1, -0.05) is 24.3 Å². The zero-order valence-corrected chi connectivity index (χ0v) is 12.4. The first-order valence-electron chi connectivity index (χ1n) is 6.68. The molecule has 10 heteroatoms. The Hall–Kier alpha value is -2.54. The van der Waals surface area contributed by atoms with Gasteiger partial charge in [0.1, 0.15) is 5.41 Å². The maximum Gasteiger partial charge on any atom is 0.490 e. The normalized spacial score (nSPS) is 16.4. The predicted octanol–water partition coefficient (Wildman–Crippen LogP) is 3.47. The number of halogens is 6. The molecule has 4 nitrogen and oxygen atoms in total. The number of nitrogens with one attached hydrogen (secondary N) is 1. The highest BCUT2D eigenvalue weighted by Crippen LogP contribution is 2.30. The molecule has 1 saturated heterocycles. The second kappa shape index (κ2) is 7.57. The summed E-state index contributed by atoms with van der Waals surface area (Å²) in [6, 6.07) is 7.07. The second-order valence-corrected chi connectivity index (χ2v) is 5.13. The van der Waals surface area contributed by atoms with Crippen molar-refractivity contribution < 1.29 is 36.2 Å². The number of carboxylic acid groups (broad SMARTS) is 1. The van der Waals surface area contributed by atoms with E-state index in [9.17, 15) is 26.3 Å². The summed E-state index contributed by atoms with van der Waals surface area (Å²) < 4.78 is 68.8. The highest BCUT2D eigenvalue weighted by atomic mass is 19.4. The Balaban J connectivity index is 0.000000381. The average molecular weight is 366 g/mol. The van der Waals surface area contributed by atoms with Gasteiger partial charge in [-0.05, 0) is 17.7 Å². The van der Waals surface area contributed by atoms with Crippen LogP contribution in [0, 0.1) is 16.7 Å². The number of benzene rings is 1. The van der Waals surface area contributed by atoms with Crippen LogP contribution < -0.4 is 5.32 Å². The zero-order chi connectivity index (χ0) is 19.3. The molecule has 136 valence electrons. The largest absolute Gasteiger partial charge is 0.490 e. The van der Waals surface area contributed by atoms with Gasteiger partial charge in [0, 0.05) is 13.1 Å². The van der Waals surface area contributed by atoms with Crippen molar-refractivity contribution in [1.29, 1.82) is 5.26 Å². The van der Waals surface area contributed by atoms with Crippen molar-refractivity contribution >= 4 is 12.0 Å². The number of carbonyl (C=O) groups is 1. The Labute approximate surface area is 138 Å². The maximum absolute atomic E-state index is 12.3. The highest BCUT2D eigenvalue weighted by Gasteiger charge is 2.38. The Kier molecular flexibility index (Phi) is 6.20. The summed E-state index contributed by atoms with van der Waals surface area (Å²) in [6.45, 7) is 1.17. The van der Waals surface area contributed by atoms with E-state index in [1.807, 2.05) is 0 Å². The molecule has 1 aromatic carbocycles. The minimum absolute atomic E-state index is 0.511. The first-order chi connectivity index (χ1) is 11.4. The molecule has 0 spiro atoms. The fourth-order valence-corrected chi connectivity index (χ4v) is 1.67. The third-order valence-corrected chi connectivity index (χ3v) is 3.18. The van der Waals surface area contributed by atoms with Crippen LogP contribution in [0.5, 0.6) is 0 Å². The van der Waals surface area contributed by atoms with Crippen LogP contribution >= 0.6 is 0 Å². The van der Waals surface area contributed by atoms with Crippen LogP contribution in [-0.4, -0.2) is 30.3 Å². The first kappa shape index (κ1) is 20.5. The third-order valence-electron chi connectivity index (χ3n) is 3.18. The Morgan fingerprint density at radius 3 is 1.92 bits per heavy atom. The van der Waals surface area contributed by atoms with Crippen molar-refractivity contribution in [1.82, 2.24) is 5.32 Å². The van der Waals surface area contributed by atoms with Crippen LogP contribution in [0.3, 0.4) is 0 Å². The zero-order valence-electron chi connectivity index (χ0n) is 12.4. The van der Waals surface area contributed by atoms with Gasteiger partial charge in [-0.3, -0.25) is 0 Å². The number of nitrogens with zero attached hydrogens (tertiary/aromatic N) is 1. The van der Waals surface area contributed by atoms with Gasteiger partial charge in [-0.25, -0.2) is 4.79 Å². The fourth-order valence-electron chi connectivity index (χ4n) is 1.67. The molecule has 0 aliphatic carbocycles. The van der Waals surface area contributed by atoms with Crippen LogP contribution in [0.2, 0.25) is 0 Å². The molecule has 1 fully saturated rings. The number of rotatable bonds is 2. The Bertz CT molecular complexity index is 667. The topological polar surface area (TPSA) is 73.1 Å². The second-order valence-electron chi connectivity index (χ2n) is 5.13. The minimum atomic E-state index is -5.08. The van der Waals surface area contributed by atoms with Gasteiger partial charge in [-0.15, -0.1) is 0 Å². The van der Waals surface area contributed by atoms with E-state index < -0.39 is 29.3 Å².